The fraction of sp³-hybridized carbons (Fsp3) is 0.182. The van der Waals surface area contributed by atoms with Gasteiger partial charge < -0.3 is 10.2 Å². The zero-order valence-electron chi connectivity index (χ0n) is 15.9. The van der Waals surface area contributed by atoms with Crippen LogP contribution in [-0.2, 0) is 14.6 Å². The number of hydrogen-bond donors (Lipinski definition) is 1. The standard InChI is InChI=1S/C22H20N2O4S/c1-2-24-19-12-11-18(16-9-6-10-17(21(16)19)22(24)26)23-20(25)13-14-29(27,28)15-7-4-3-5-8-15/h3-12H,2,13-14H2,1H3,(H,23,25). The molecule has 0 aromatic heterocycles. The smallest absolute Gasteiger partial charge is 0.258 e. The van der Waals surface area contributed by atoms with Crippen LogP contribution < -0.4 is 10.2 Å². The molecular formula is C22H20N2O4S. The Morgan fingerprint density at radius 1 is 1.00 bits per heavy atom. The molecule has 7 heteroatoms. The van der Waals surface area contributed by atoms with Crippen molar-refractivity contribution in [3.8, 4) is 0 Å². The number of nitrogens with one attached hydrogen (secondary N) is 1. The van der Waals surface area contributed by atoms with E-state index in [4.69, 9.17) is 0 Å². The third-order valence-corrected chi connectivity index (χ3v) is 6.81. The molecular weight excluding hydrogens is 388 g/mol. The Bertz CT molecular complexity index is 1220. The fourth-order valence-corrected chi connectivity index (χ4v) is 4.92. The zero-order valence-corrected chi connectivity index (χ0v) is 16.7. The van der Waals surface area contributed by atoms with Gasteiger partial charge in [-0.1, -0.05) is 30.3 Å². The number of hydrogen-bond acceptors (Lipinski definition) is 4. The molecule has 4 rings (SSSR count). The number of nitrogens with zero attached hydrogens (tertiary/aromatic N) is 1. The Labute approximate surface area is 169 Å². The van der Waals surface area contributed by atoms with Gasteiger partial charge in [-0.15, -0.1) is 0 Å². The molecule has 29 heavy (non-hydrogen) atoms. The van der Waals surface area contributed by atoms with E-state index in [2.05, 4.69) is 5.32 Å². The van der Waals surface area contributed by atoms with Crippen LogP contribution in [0.1, 0.15) is 23.7 Å². The van der Waals surface area contributed by atoms with E-state index in [1.54, 1.807) is 41.3 Å². The number of anilines is 2. The molecule has 1 N–H and O–H groups in total. The van der Waals surface area contributed by atoms with Gasteiger partial charge in [0, 0.05) is 35.0 Å². The van der Waals surface area contributed by atoms with Crippen molar-refractivity contribution in [2.75, 3.05) is 22.5 Å². The van der Waals surface area contributed by atoms with Gasteiger partial charge in [-0.05, 0) is 37.3 Å². The molecule has 0 aliphatic carbocycles. The van der Waals surface area contributed by atoms with E-state index in [1.807, 2.05) is 19.1 Å². The lowest BCUT2D eigenvalue weighted by atomic mass is 10.0. The van der Waals surface area contributed by atoms with Gasteiger partial charge in [0.1, 0.15) is 0 Å². The molecule has 3 aromatic carbocycles. The first-order valence-corrected chi connectivity index (χ1v) is 11.0. The number of carbonyl (C=O) groups excluding carboxylic acids is 2. The number of carbonyl (C=O) groups is 2. The average molecular weight is 408 g/mol. The molecule has 6 nitrogen and oxygen atoms in total. The predicted octanol–water partition coefficient (Wildman–Crippen LogP) is 3.62. The molecule has 3 aromatic rings. The van der Waals surface area contributed by atoms with Crippen molar-refractivity contribution in [3.05, 3.63) is 66.2 Å². The van der Waals surface area contributed by atoms with E-state index in [1.165, 1.54) is 12.1 Å². The summed E-state index contributed by atoms with van der Waals surface area (Å²) in [6.45, 7) is 2.48. The molecule has 1 heterocycles. The molecule has 0 bridgehead atoms. The van der Waals surface area contributed by atoms with Gasteiger partial charge in [-0.2, -0.15) is 0 Å². The first-order chi connectivity index (χ1) is 13.9. The summed E-state index contributed by atoms with van der Waals surface area (Å²) in [6, 6.07) is 17.1. The van der Waals surface area contributed by atoms with E-state index >= 15 is 0 Å². The van der Waals surface area contributed by atoms with Crippen molar-refractivity contribution in [1.82, 2.24) is 0 Å². The summed E-state index contributed by atoms with van der Waals surface area (Å²) in [6.07, 6.45) is -0.153. The van der Waals surface area contributed by atoms with Crippen LogP contribution in [0.3, 0.4) is 0 Å². The van der Waals surface area contributed by atoms with Crippen LogP contribution in [0.15, 0.2) is 65.6 Å². The fourth-order valence-electron chi connectivity index (χ4n) is 3.65. The molecule has 0 saturated carbocycles. The first kappa shape index (κ1) is 19.1. The molecule has 1 aliphatic rings. The third-order valence-electron chi connectivity index (χ3n) is 5.08. The van der Waals surface area contributed by atoms with E-state index in [0.29, 0.717) is 17.8 Å². The van der Waals surface area contributed by atoms with Crippen LogP contribution in [0, 0.1) is 0 Å². The lowest BCUT2D eigenvalue weighted by Gasteiger charge is -2.15. The van der Waals surface area contributed by atoms with Crippen molar-refractivity contribution in [2.24, 2.45) is 0 Å². The molecule has 0 unspecified atom stereocenters. The maximum absolute atomic E-state index is 12.6. The average Bonchev–Trinajstić information content (AvgIpc) is 3.02. The third kappa shape index (κ3) is 3.38. The zero-order chi connectivity index (χ0) is 20.6. The van der Waals surface area contributed by atoms with E-state index in [9.17, 15) is 18.0 Å². The summed E-state index contributed by atoms with van der Waals surface area (Å²) in [7, 11) is -3.52. The summed E-state index contributed by atoms with van der Waals surface area (Å²) in [4.78, 5) is 26.9. The highest BCUT2D eigenvalue weighted by molar-refractivity contribution is 7.91. The number of amides is 2. The SMILES string of the molecule is CCN1C(=O)c2cccc3c(NC(=O)CCS(=O)(=O)c4ccccc4)ccc1c23. The lowest BCUT2D eigenvalue weighted by molar-refractivity contribution is -0.115. The summed E-state index contributed by atoms with van der Waals surface area (Å²) in [5, 5.41) is 4.39. The molecule has 2 amide bonds. The lowest BCUT2D eigenvalue weighted by Crippen LogP contribution is -2.25. The van der Waals surface area contributed by atoms with Crippen molar-refractivity contribution < 1.29 is 18.0 Å². The highest BCUT2D eigenvalue weighted by Gasteiger charge is 2.29. The molecule has 0 saturated heterocycles. The highest BCUT2D eigenvalue weighted by atomic mass is 32.2. The number of rotatable bonds is 6. The van der Waals surface area contributed by atoms with Crippen LogP contribution in [0.2, 0.25) is 0 Å². The Balaban J connectivity index is 1.56. The largest absolute Gasteiger partial charge is 0.325 e. The second-order valence-corrected chi connectivity index (χ2v) is 8.95. The van der Waals surface area contributed by atoms with Crippen LogP contribution in [0.25, 0.3) is 10.8 Å². The van der Waals surface area contributed by atoms with Crippen molar-refractivity contribution in [2.45, 2.75) is 18.2 Å². The van der Waals surface area contributed by atoms with Gasteiger partial charge in [0.05, 0.1) is 16.3 Å². The normalized spacial score (nSPS) is 13.1. The maximum Gasteiger partial charge on any atom is 0.258 e. The van der Waals surface area contributed by atoms with Gasteiger partial charge in [-0.3, -0.25) is 9.59 Å². The van der Waals surface area contributed by atoms with Crippen LogP contribution in [0.4, 0.5) is 11.4 Å². The molecule has 148 valence electrons. The minimum absolute atomic E-state index is 0.0504. The van der Waals surface area contributed by atoms with Gasteiger partial charge in [0.25, 0.3) is 5.91 Å². The van der Waals surface area contributed by atoms with E-state index < -0.39 is 9.84 Å². The summed E-state index contributed by atoms with van der Waals surface area (Å²) < 4.78 is 24.8. The van der Waals surface area contributed by atoms with Crippen molar-refractivity contribution in [3.63, 3.8) is 0 Å². The van der Waals surface area contributed by atoms with Gasteiger partial charge in [0.15, 0.2) is 9.84 Å². The Hall–Kier alpha value is -3.19. The maximum atomic E-state index is 12.6. The predicted molar refractivity (Wildman–Crippen MR) is 113 cm³/mol. The number of benzene rings is 3. The van der Waals surface area contributed by atoms with Crippen LogP contribution >= 0.6 is 0 Å². The summed E-state index contributed by atoms with van der Waals surface area (Å²) in [5.74, 6) is -0.709. The topological polar surface area (TPSA) is 83.6 Å². The first-order valence-electron chi connectivity index (χ1n) is 9.37. The van der Waals surface area contributed by atoms with Crippen LogP contribution in [-0.4, -0.2) is 32.5 Å². The van der Waals surface area contributed by atoms with E-state index in [-0.39, 0.29) is 28.9 Å². The van der Waals surface area contributed by atoms with Gasteiger partial charge >= 0.3 is 0 Å². The monoisotopic (exact) mass is 408 g/mol. The Morgan fingerprint density at radius 3 is 2.48 bits per heavy atom. The Kier molecular flexibility index (Phi) is 4.84. The minimum Gasteiger partial charge on any atom is -0.325 e. The Morgan fingerprint density at radius 2 is 1.76 bits per heavy atom. The molecule has 0 spiro atoms. The number of sulfone groups is 1. The van der Waals surface area contributed by atoms with Crippen LogP contribution in [0.5, 0.6) is 0 Å². The molecule has 0 atom stereocenters. The second-order valence-electron chi connectivity index (χ2n) is 6.84. The second kappa shape index (κ2) is 7.33. The van der Waals surface area contributed by atoms with E-state index in [0.717, 1.165) is 16.5 Å². The molecule has 1 aliphatic heterocycles. The highest BCUT2D eigenvalue weighted by Crippen LogP contribution is 2.40. The quantitative estimate of drug-likeness (QED) is 0.675. The summed E-state index contributed by atoms with van der Waals surface area (Å²) >= 11 is 0. The molecule has 0 radical (unpaired) electrons. The molecule has 0 fully saturated rings. The van der Waals surface area contributed by atoms with Crippen molar-refractivity contribution in [1.29, 1.82) is 0 Å². The van der Waals surface area contributed by atoms with Gasteiger partial charge in [0.2, 0.25) is 5.91 Å². The van der Waals surface area contributed by atoms with Gasteiger partial charge in [-0.25, -0.2) is 8.42 Å². The van der Waals surface area contributed by atoms with Crippen molar-refractivity contribution >= 4 is 43.8 Å². The minimum atomic E-state index is -3.52. The summed E-state index contributed by atoms with van der Waals surface area (Å²) in [5.41, 5.74) is 2.01.